The maximum Gasteiger partial charge on any atom is 0.237 e. The molecule has 3 aromatic heterocycles. The first-order chi connectivity index (χ1) is 12.4. The lowest BCUT2D eigenvalue weighted by molar-refractivity contribution is 0.391. The molecule has 0 radical (unpaired) electrons. The topological polar surface area (TPSA) is 89.9 Å². The third kappa shape index (κ3) is 4.06. The highest BCUT2D eigenvalue weighted by atomic mass is 32.2. The van der Waals surface area contributed by atoms with Crippen LogP contribution in [0.25, 0.3) is 11.4 Å². The first kappa shape index (κ1) is 15.9. The van der Waals surface area contributed by atoms with Gasteiger partial charge >= 0.3 is 0 Å². The summed E-state index contributed by atoms with van der Waals surface area (Å²) in [5.74, 6) is 2.55. The van der Waals surface area contributed by atoms with Crippen LogP contribution in [0, 0.1) is 0 Å². The van der Waals surface area contributed by atoms with Crippen LogP contribution in [-0.2, 0) is 12.3 Å². The Morgan fingerprint density at radius 1 is 1.08 bits per heavy atom. The summed E-state index contributed by atoms with van der Waals surface area (Å²) >= 11 is 2.99. The summed E-state index contributed by atoms with van der Waals surface area (Å²) in [7, 11) is 0. The average Bonchev–Trinajstić information content (AvgIpc) is 3.40. The molecule has 0 fully saturated rings. The molecule has 0 bridgehead atoms. The summed E-state index contributed by atoms with van der Waals surface area (Å²) in [5.41, 5.74) is 0.933. The Bertz CT molecular complexity index is 921. The minimum absolute atomic E-state index is 0.548. The van der Waals surface area contributed by atoms with Crippen LogP contribution in [0.2, 0.25) is 0 Å². The van der Waals surface area contributed by atoms with E-state index in [2.05, 4.69) is 25.7 Å². The molecule has 0 amide bonds. The van der Waals surface area contributed by atoms with Crippen LogP contribution in [0.4, 0.5) is 5.13 Å². The summed E-state index contributed by atoms with van der Waals surface area (Å²) in [6.07, 6.45) is 1.65. The number of thioether (sulfide) groups is 1. The Morgan fingerprint density at radius 3 is 2.84 bits per heavy atom. The van der Waals surface area contributed by atoms with Crippen molar-refractivity contribution >= 4 is 28.2 Å². The van der Waals surface area contributed by atoms with Gasteiger partial charge in [-0.2, -0.15) is 4.98 Å². The normalized spacial score (nSPS) is 10.9. The number of benzene rings is 1. The standard InChI is InChI=1S/C16H13N5O2S2/c1-2-5-11(6-3-1)14-18-13(23-21-14)10-24-16-20-19-15(25-16)17-9-12-7-4-8-22-12/h1-8H,9-10H2,(H,17,19). The molecule has 4 rings (SSSR count). The fraction of sp³-hybridized carbons (Fsp3) is 0.125. The second kappa shape index (κ2) is 7.49. The van der Waals surface area contributed by atoms with Gasteiger partial charge in [-0.1, -0.05) is 58.6 Å². The average molecular weight is 371 g/mol. The Labute approximate surface area is 151 Å². The molecule has 0 aliphatic carbocycles. The van der Waals surface area contributed by atoms with Crippen molar-refractivity contribution < 1.29 is 8.94 Å². The Hall–Kier alpha value is -2.65. The Morgan fingerprint density at radius 2 is 2.00 bits per heavy atom. The maximum atomic E-state index is 5.29. The lowest BCUT2D eigenvalue weighted by Gasteiger charge is -1.96. The molecule has 1 aromatic carbocycles. The van der Waals surface area contributed by atoms with Gasteiger partial charge in [0.25, 0.3) is 0 Å². The summed E-state index contributed by atoms with van der Waals surface area (Å²) in [6, 6.07) is 13.5. The van der Waals surface area contributed by atoms with E-state index in [-0.39, 0.29) is 0 Å². The highest BCUT2D eigenvalue weighted by Gasteiger charge is 2.11. The SMILES string of the molecule is c1ccc(-c2noc(CSc3nnc(NCc4ccco4)s3)n2)cc1. The molecule has 3 heterocycles. The number of anilines is 1. The van der Waals surface area contributed by atoms with Crippen molar-refractivity contribution in [2.45, 2.75) is 16.6 Å². The minimum atomic E-state index is 0.548. The van der Waals surface area contributed by atoms with Crippen molar-refractivity contribution in [2.24, 2.45) is 0 Å². The number of aromatic nitrogens is 4. The molecule has 0 saturated heterocycles. The quantitative estimate of drug-likeness (QED) is 0.486. The third-order valence-electron chi connectivity index (χ3n) is 3.22. The van der Waals surface area contributed by atoms with Crippen molar-refractivity contribution in [3.63, 3.8) is 0 Å². The molecular formula is C16H13N5O2S2. The summed E-state index contributed by atoms with van der Waals surface area (Å²) in [4.78, 5) is 4.40. The van der Waals surface area contributed by atoms with E-state index in [1.165, 1.54) is 23.1 Å². The smallest absolute Gasteiger partial charge is 0.237 e. The van der Waals surface area contributed by atoms with Crippen molar-refractivity contribution in [3.05, 3.63) is 60.4 Å². The van der Waals surface area contributed by atoms with Gasteiger partial charge in [0, 0.05) is 5.56 Å². The third-order valence-corrected chi connectivity index (χ3v) is 5.22. The van der Waals surface area contributed by atoms with Gasteiger partial charge in [-0.05, 0) is 12.1 Å². The molecule has 0 unspecified atom stereocenters. The molecule has 0 aliphatic heterocycles. The van der Waals surface area contributed by atoms with Crippen molar-refractivity contribution in [1.82, 2.24) is 20.3 Å². The van der Waals surface area contributed by atoms with Gasteiger partial charge in [-0.15, -0.1) is 10.2 Å². The number of furan rings is 1. The van der Waals surface area contributed by atoms with Gasteiger partial charge in [0.2, 0.25) is 16.8 Å². The molecule has 0 saturated carbocycles. The summed E-state index contributed by atoms with van der Waals surface area (Å²) < 4.78 is 11.4. The van der Waals surface area contributed by atoms with E-state index in [0.717, 1.165) is 20.8 Å². The number of nitrogens with zero attached hydrogens (tertiary/aromatic N) is 4. The first-order valence-electron chi connectivity index (χ1n) is 7.47. The highest BCUT2D eigenvalue weighted by molar-refractivity contribution is 8.00. The van der Waals surface area contributed by atoms with Gasteiger partial charge < -0.3 is 14.3 Å². The zero-order valence-electron chi connectivity index (χ0n) is 13.0. The molecule has 9 heteroatoms. The molecule has 7 nitrogen and oxygen atoms in total. The number of rotatable bonds is 7. The number of hydrogen-bond acceptors (Lipinski definition) is 9. The summed E-state index contributed by atoms with van der Waals surface area (Å²) in [6.45, 7) is 0.580. The molecule has 0 spiro atoms. The van der Waals surface area contributed by atoms with Crippen LogP contribution in [0.15, 0.2) is 62.0 Å². The summed E-state index contributed by atoms with van der Waals surface area (Å²) in [5, 5.41) is 16.2. The van der Waals surface area contributed by atoms with E-state index in [0.29, 0.717) is 24.0 Å². The van der Waals surface area contributed by atoms with Crippen LogP contribution in [0.1, 0.15) is 11.7 Å². The van der Waals surface area contributed by atoms with Crippen molar-refractivity contribution in [3.8, 4) is 11.4 Å². The molecular weight excluding hydrogens is 358 g/mol. The van der Waals surface area contributed by atoms with Crippen LogP contribution in [0.3, 0.4) is 0 Å². The van der Waals surface area contributed by atoms with E-state index >= 15 is 0 Å². The van der Waals surface area contributed by atoms with E-state index < -0.39 is 0 Å². The predicted octanol–water partition coefficient (Wildman–Crippen LogP) is 4.09. The van der Waals surface area contributed by atoms with Gasteiger partial charge in [-0.25, -0.2) is 0 Å². The monoisotopic (exact) mass is 371 g/mol. The van der Waals surface area contributed by atoms with E-state index in [1.54, 1.807) is 6.26 Å². The largest absolute Gasteiger partial charge is 0.467 e. The van der Waals surface area contributed by atoms with Crippen molar-refractivity contribution in [2.75, 3.05) is 5.32 Å². The lowest BCUT2D eigenvalue weighted by Crippen LogP contribution is -1.96. The van der Waals surface area contributed by atoms with E-state index in [4.69, 9.17) is 8.94 Å². The zero-order valence-corrected chi connectivity index (χ0v) is 14.6. The molecule has 4 aromatic rings. The van der Waals surface area contributed by atoms with Crippen LogP contribution in [-0.4, -0.2) is 20.3 Å². The second-order valence-electron chi connectivity index (χ2n) is 4.97. The first-order valence-corrected chi connectivity index (χ1v) is 9.27. The molecule has 1 N–H and O–H groups in total. The van der Waals surface area contributed by atoms with E-state index in [9.17, 15) is 0 Å². The Kier molecular flexibility index (Phi) is 4.75. The molecule has 25 heavy (non-hydrogen) atoms. The van der Waals surface area contributed by atoms with Gasteiger partial charge in [0.05, 0.1) is 18.6 Å². The number of hydrogen-bond donors (Lipinski definition) is 1. The Balaban J connectivity index is 1.32. The van der Waals surface area contributed by atoms with Gasteiger partial charge in [0.1, 0.15) is 5.76 Å². The van der Waals surface area contributed by atoms with Crippen LogP contribution < -0.4 is 5.32 Å². The molecule has 126 valence electrons. The fourth-order valence-corrected chi connectivity index (χ4v) is 3.64. The predicted molar refractivity (Wildman–Crippen MR) is 95.2 cm³/mol. The fourth-order valence-electron chi connectivity index (χ4n) is 2.06. The minimum Gasteiger partial charge on any atom is -0.467 e. The second-order valence-corrected chi connectivity index (χ2v) is 7.17. The zero-order chi connectivity index (χ0) is 16.9. The highest BCUT2D eigenvalue weighted by Crippen LogP contribution is 2.28. The molecule has 0 aliphatic rings. The van der Waals surface area contributed by atoms with Gasteiger partial charge in [0.15, 0.2) is 4.34 Å². The van der Waals surface area contributed by atoms with Crippen LogP contribution in [0.5, 0.6) is 0 Å². The van der Waals surface area contributed by atoms with Gasteiger partial charge in [-0.3, -0.25) is 0 Å². The maximum absolute atomic E-state index is 5.29. The molecule has 0 atom stereocenters. The van der Waals surface area contributed by atoms with Crippen molar-refractivity contribution in [1.29, 1.82) is 0 Å². The van der Waals surface area contributed by atoms with E-state index in [1.807, 2.05) is 42.5 Å². The lowest BCUT2D eigenvalue weighted by atomic mass is 10.2. The van der Waals surface area contributed by atoms with Crippen LogP contribution >= 0.6 is 23.1 Å². The number of nitrogens with one attached hydrogen (secondary N) is 1.